The molecule has 0 atom stereocenters. The van der Waals surface area contributed by atoms with Crippen LogP contribution < -0.4 is 11.3 Å². The third-order valence-corrected chi connectivity index (χ3v) is 5.52. The van der Waals surface area contributed by atoms with E-state index in [-0.39, 0.29) is 18.0 Å². The van der Waals surface area contributed by atoms with Crippen molar-refractivity contribution in [3.63, 3.8) is 0 Å². The van der Waals surface area contributed by atoms with Crippen molar-refractivity contribution in [1.29, 1.82) is 0 Å². The van der Waals surface area contributed by atoms with E-state index in [1.165, 1.54) is 27.6 Å². The number of rotatable bonds is 3. The predicted octanol–water partition coefficient (Wildman–Crippen LogP) is 2.45. The standard InChI is InChI=1S/C16H13N5O2S2/c1-21(7-12-18-9-4-5-24-13(9)14(22)20-12)15(23)8-2-3-11-10(6-8)19-16(17)25-11/h2-6H,7H2,1H3,(H2,17,19)(H,18,20,22). The van der Waals surface area contributed by atoms with Gasteiger partial charge < -0.3 is 15.6 Å². The number of hydrogen-bond acceptors (Lipinski definition) is 7. The maximum atomic E-state index is 12.7. The Bertz CT molecular complexity index is 1160. The first-order valence-electron chi connectivity index (χ1n) is 7.39. The Morgan fingerprint density at radius 1 is 1.28 bits per heavy atom. The second kappa shape index (κ2) is 5.94. The van der Waals surface area contributed by atoms with Crippen LogP contribution in [0.3, 0.4) is 0 Å². The summed E-state index contributed by atoms with van der Waals surface area (Å²) in [4.78, 5) is 37.5. The molecule has 1 amide bonds. The van der Waals surface area contributed by atoms with Crippen LogP contribution in [0, 0.1) is 0 Å². The number of aromatic nitrogens is 3. The number of thiophene rings is 1. The van der Waals surface area contributed by atoms with E-state index in [1.54, 1.807) is 25.2 Å². The number of fused-ring (bicyclic) bond motifs is 2. The fraction of sp³-hybridized carbons (Fsp3) is 0.125. The first kappa shape index (κ1) is 15.7. The lowest BCUT2D eigenvalue weighted by molar-refractivity contribution is 0.0781. The Morgan fingerprint density at radius 2 is 2.12 bits per heavy atom. The summed E-state index contributed by atoms with van der Waals surface area (Å²) >= 11 is 2.72. The first-order chi connectivity index (χ1) is 12.0. The van der Waals surface area contributed by atoms with Gasteiger partial charge in [0, 0.05) is 12.6 Å². The van der Waals surface area contributed by atoms with Crippen LogP contribution in [-0.4, -0.2) is 32.8 Å². The van der Waals surface area contributed by atoms with Crippen LogP contribution >= 0.6 is 22.7 Å². The number of aromatic amines is 1. The number of nitrogen functional groups attached to an aromatic ring is 1. The molecule has 0 bridgehead atoms. The number of thiazole rings is 1. The van der Waals surface area contributed by atoms with Gasteiger partial charge in [-0.2, -0.15) is 0 Å². The van der Waals surface area contributed by atoms with Crippen molar-refractivity contribution in [1.82, 2.24) is 19.9 Å². The maximum Gasteiger partial charge on any atom is 0.268 e. The van der Waals surface area contributed by atoms with Crippen LogP contribution in [0.4, 0.5) is 5.13 Å². The van der Waals surface area contributed by atoms with Crippen LogP contribution in [0.25, 0.3) is 20.4 Å². The van der Waals surface area contributed by atoms with E-state index in [9.17, 15) is 9.59 Å². The summed E-state index contributed by atoms with van der Waals surface area (Å²) in [5, 5.41) is 2.29. The van der Waals surface area contributed by atoms with Gasteiger partial charge in [-0.15, -0.1) is 11.3 Å². The number of anilines is 1. The molecule has 0 aliphatic carbocycles. The molecular formula is C16H13N5O2S2. The number of carbonyl (C=O) groups is 1. The SMILES string of the molecule is CN(Cc1nc2ccsc2c(=O)[nH]1)C(=O)c1ccc2sc(N)nc2c1. The van der Waals surface area contributed by atoms with Crippen molar-refractivity contribution < 1.29 is 4.79 Å². The van der Waals surface area contributed by atoms with Gasteiger partial charge in [0.1, 0.15) is 10.5 Å². The summed E-state index contributed by atoms with van der Waals surface area (Å²) in [5.41, 5.74) is 7.37. The summed E-state index contributed by atoms with van der Waals surface area (Å²) in [5.74, 6) is 0.271. The molecule has 3 N–H and O–H groups in total. The topological polar surface area (TPSA) is 105 Å². The van der Waals surface area contributed by atoms with Crippen molar-refractivity contribution >= 4 is 54.1 Å². The molecular weight excluding hydrogens is 358 g/mol. The quantitative estimate of drug-likeness (QED) is 0.575. The molecule has 3 heterocycles. The Morgan fingerprint density at radius 3 is 2.96 bits per heavy atom. The number of nitrogens with one attached hydrogen (secondary N) is 1. The molecule has 4 aromatic rings. The maximum absolute atomic E-state index is 12.7. The van der Waals surface area contributed by atoms with E-state index in [1.807, 2.05) is 11.4 Å². The van der Waals surface area contributed by atoms with E-state index in [2.05, 4.69) is 15.0 Å². The molecule has 126 valence electrons. The van der Waals surface area contributed by atoms with Crippen molar-refractivity contribution in [3.8, 4) is 0 Å². The zero-order valence-electron chi connectivity index (χ0n) is 13.1. The molecule has 7 nitrogen and oxygen atoms in total. The van der Waals surface area contributed by atoms with Crippen LogP contribution in [-0.2, 0) is 6.54 Å². The highest BCUT2D eigenvalue weighted by molar-refractivity contribution is 7.22. The van der Waals surface area contributed by atoms with Gasteiger partial charge in [0.2, 0.25) is 0 Å². The largest absolute Gasteiger partial charge is 0.375 e. The fourth-order valence-corrected chi connectivity index (χ4v) is 4.03. The van der Waals surface area contributed by atoms with Gasteiger partial charge in [-0.3, -0.25) is 9.59 Å². The molecule has 0 unspecified atom stereocenters. The van der Waals surface area contributed by atoms with E-state index < -0.39 is 0 Å². The molecule has 1 aromatic carbocycles. The lowest BCUT2D eigenvalue weighted by Crippen LogP contribution is -2.28. The number of nitrogens with zero attached hydrogens (tertiary/aromatic N) is 3. The van der Waals surface area contributed by atoms with E-state index in [0.29, 0.717) is 32.3 Å². The second-order valence-corrected chi connectivity index (χ2v) is 7.52. The molecule has 0 fully saturated rings. The van der Waals surface area contributed by atoms with Crippen LogP contribution in [0.2, 0.25) is 0 Å². The molecule has 4 rings (SSSR count). The van der Waals surface area contributed by atoms with Gasteiger partial charge in [-0.25, -0.2) is 9.97 Å². The number of H-pyrrole nitrogens is 1. The van der Waals surface area contributed by atoms with Crippen LogP contribution in [0.5, 0.6) is 0 Å². The molecule has 0 radical (unpaired) electrons. The highest BCUT2D eigenvalue weighted by Crippen LogP contribution is 2.25. The van der Waals surface area contributed by atoms with Gasteiger partial charge in [-0.05, 0) is 29.6 Å². The minimum Gasteiger partial charge on any atom is -0.375 e. The van der Waals surface area contributed by atoms with Gasteiger partial charge in [0.05, 0.1) is 22.3 Å². The van der Waals surface area contributed by atoms with Crippen molar-refractivity contribution in [2.24, 2.45) is 0 Å². The molecule has 0 spiro atoms. The summed E-state index contributed by atoms with van der Waals surface area (Å²) in [6.45, 7) is 0.205. The Hall–Kier alpha value is -2.78. The number of benzene rings is 1. The smallest absolute Gasteiger partial charge is 0.268 e. The lowest BCUT2D eigenvalue weighted by atomic mass is 10.2. The van der Waals surface area contributed by atoms with Crippen molar-refractivity contribution in [3.05, 3.63) is 51.4 Å². The molecule has 9 heteroatoms. The summed E-state index contributed by atoms with van der Waals surface area (Å²) in [7, 11) is 1.67. The Labute approximate surface area is 149 Å². The van der Waals surface area contributed by atoms with Gasteiger partial charge in [-0.1, -0.05) is 11.3 Å². The predicted molar refractivity (Wildman–Crippen MR) is 100 cm³/mol. The Balaban J connectivity index is 1.60. The summed E-state index contributed by atoms with van der Waals surface area (Å²) in [6, 6.07) is 7.10. The average Bonchev–Trinajstić information content (AvgIpc) is 3.18. The number of amides is 1. The zero-order chi connectivity index (χ0) is 17.6. The molecule has 0 aliphatic rings. The van der Waals surface area contributed by atoms with Crippen LogP contribution in [0.15, 0.2) is 34.4 Å². The molecule has 25 heavy (non-hydrogen) atoms. The lowest BCUT2D eigenvalue weighted by Gasteiger charge is -2.16. The van der Waals surface area contributed by atoms with Gasteiger partial charge in [0.25, 0.3) is 11.5 Å². The fourth-order valence-electron chi connectivity index (χ4n) is 2.59. The average molecular weight is 371 g/mol. The van der Waals surface area contributed by atoms with Gasteiger partial charge >= 0.3 is 0 Å². The summed E-state index contributed by atoms with van der Waals surface area (Å²) < 4.78 is 1.52. The molecule has 0 saturated heterocycles. The third kappa shape index (κ3) is 2.87. The second-order valence-electron chi connectivity index (χ2n) is 5.54. The number of hydrogen-bond donors (Lipinski definition) is 2. The third-order valence-electron chi connectivity index (χ3n) is 3.75. The van der Waals surface area contributed by atoms with Crippen LogP contribution in [0.1, 0.15) is 16.2 Å². The number of carbonyl (C=O) groups excluding carboxylic acids is 1. The zero-order valence-corrected chi connectivity index (χ0v) is 14.8. The van der Waals surface area contributed by atoms with Crippen molar-refractivity contribution in [2.45, 2.75) is 6.54 Å². The monoisotopic (exact) mass is 371 g/mol. The minimum atomic E-state index is -0.185. The normalized spacial score (nSPS) is 11.2. The molecule has 0 aliphatic heterocycles. The summed E-state index contributed by atoms with van der Waals surface area (Å²) in [6.07, 6.45) is 0. The number of nitrogens with two attached hydrogens (primary N) is 1. The molecule has 0 saturated carbocycles. The highest BCUT2D eigenvalue weighted by atomic mass is 32.1. The van der Waals surface area contributed by atoms with E-state index in [0.717, 1.165) is 4.70 Å². The van der Waals surface area contributed by atoms with Gasteiger partial charge in [0.15, 0.2) is 5.13 Å². The first-order valence-corrected chi connectivity index (χ1v) is 9.09. The minimum absolute atomic E-state index is 0.179. The van der Waals surface area contributed by atoms with E-state index in [4.69, 9.17) is 5.73 Å². The molecule has 3 aromatic heterocycles. The highest BCUT2D eigenvalue weighted by Gasteiger charge is 2.15. The van der Waals surface area contributed by atoms with E-state index >= 15 is 0 Å². The van der Waals surface area contributed by atoms with Crippen molar-refractivity contribution in [2.75, 3.05) is 12.8 Å². The Kier molecular flexibility index (Phi) is 3.74.